The first-order valence-electron chi connectivity index (χ1n) is 11.7. The van der Waals surface area contributed by atoms with E-state index in [9.17, 15) is 14.7 Å². The maximum absolute atomic E-state index is 13.3. The fourth-order valence-electron chi connectivity index (χ4n) is 4.47. The van der Waals surface area contributed by atoms with Gasteiger partial charge in [-0.1, -0.05) is 66.7 Å². The molecule has 36 heavy (non-hydrogen) atoms. The largest absolute Gasteiger partial charge is 0.396 e. The van der Waals surface area contributed by atoms with Crippen LogP contribution in [0.1, 0.15) is 34.1 Å². The zero-order valence-electron chi connectivity index (χ0n) is 19.8. The maximum atomic E-state index is 13.3. The minimum absolute atomic E-state index is 0.0423. The summed E-state index contributed by atoms with van der Waals surface area (Å²) in [6, 6.07) is 22.9. The van der Waals surface area contributed by atoms with Gasteiger partial charge in [-0.2, -0.15) is 5.10 Å². The van der Waals surface area contributed by atoms with Crippen LogP contribution < -0.4 is 10.9 Å². The summed E-state index contributed by atoms with van der Waals surface area (Å²) in [4.78, 5) is 29.5. The predicted molar refractivity (Wildman–Crippen MR) is 138 cm³/mol. The molecule has 5 rings (SSSR count). The lowest BCUT2D eigenvalue weighted by atomic mass is 10.0. The van der Waals surface area contributed by atoms with E-state index in [2.05, 4.69) is 15.4 Å². The van der Waals surface area contributed by atoms with Crippen molar-refractivity contribution in [3.63, 3.8) is 0 Å². The molecule has 2 heterocycles. The highest BCUT2D eigenvalue weighted by Crippen LogP contribution is 2.24. The molecule has 0 radical (unpaired) electrons. The summed E-state index contributed by atoms with van der Waals surface area (Å²) in [6.45, 7) is -0.0502. The summed E-state index contributed by atoms with van der Waals surface area (Å²) in [5.74, 6) is -0.445. The number of fused-ring (bicyclic) bond motifs is 2. The van der Waals surface area contributed by atoms with Crippen molar-refractivity contribution in [3.05, 3.63) is 106 Å². The highest BCUT2D eigenvalue weighted by molar-refractivity contribution is 5.96. The van der Waals surface area contributed by atoms with Crippen molar-refractivity contribution in [2.75, 3.05) is 13.7 Å². The van der Waals surface area contributed by atoms with Crippen molar-refractivity contribution >= 4 is 22.2 Å². The Balaban J connectivity index is 1.56. The van der Waals surface area contributed by atoms with Gasteiger partial charge in [-0.25, -0.2) is 4.52 Å². The Morgan fingerprint density at radius 3 is 2.58 bits per heavy atom. The molecule has 0 saturated heterocycles. The van der Waals surface area contributed by atoms with Crippen molar-refractivity contribution in [3.8, 4) is 11.3 Å². The van der Waals surface area contributed by atoms with Crippen LogP contribution in [0.15, 0.2) is 83.8 Å². The number of aromatic amines is 1. The van der Waals surface area contributed by atoms with E-state index in [0.717, 1.165) is 21.9 Å². The van der Waals surface area contributed by atoms with Crippen molar-refractivity contribution in [2.45, 2.75) is 19.1 Å². The van der Waals surface area contributed by atoms with E-state index in [0.29, 0.717) is 17.7 Å². The van der Waals surface area contributed by atoms with Gasteiger partial charge in [-0.05, 0) is 28.8 Å². The summed E-state index contributed by atoms with van der Waals surface area (Å²) < 4.78 is 6.75. The van der Waals surface area contributed by atoms with Crippen LogP contribution in [0, 0.1) is 0 Å². The van der Waals surface area contributed by atoms with Crippen LogP contribution >= 0.6 is 0 Å². The van der Waals surface area contributed by atoms with Crippen LogP contribution in [0.25, 0.3) is 27.5 Å². The summed E-state index contributed by atoms with van der Waals surface area (Å²) >= 11 is 0. The van der Waals surface area contributed by atoms with E-state index in [1.54, 1.807) is 6.20 Å². The van der Waals surface area contributed by atoms with E-state index in [-0.39, 0.29) is 30.0 Å². The number of H-pyrrole nitrogens is 1. The molecular weight excluding hydrogens is 456 g/mol. The molecule has 1 amide bonds. The molecule has 8 nitrogen and oxygen atoms in total. The average molecular weight is 483 g/mol. The van der Waals surface area contributed by atoms with Crippen molar-refractivity contribution in [2.24, 2.45) is 0 Å². The third-order valence-electron chi connectivity index (χ3n) is 6.21. The summed E-state index contributed by atoms with van der Waals surface area (Å²) in [6.07, 6.45) is 2.05. The van der Waals surface area contributed by atoms with Crippen molar-refractivity contribution in [1.29, 1.82) is 0 Å². The minimum Gasteiger partial charge on any atom is -0.396 e. The van der Waals surface area contributed by atoms with Crippen LogP contribution in [-0.4, -0.2) is 39.3 Å². The molecule has 0 spiro atoms. The highest BCUT2D eigenvalue weighted by Gasteiger charge is 2.24. The number of benzene rings is 3. The summed E-state index contributed by atoms with van der Waals surface area (Å²) in [5.41, 5.74) is 2.68. The zero-order chi connectivity index (χ0) is 25.1. The molecule has 3 aromatic carbocycles. The van der Waals surface area contributed by atoms with Gasteiger partial charge in [0, 0.05) is 24.8 Å². The molecule has 182 valence electrons. The Hall–Kier alpha value is -4.27. The normalized spacial score (nSPS) is 12.2. The Bertz CT molecular complexity index is 1590. The van der Waals surface area contributed by atoms with Gasteiger partial charge in [-0.15, -0.1) is 0 Å². The van der Waals surface area contributed by atoms with Gasteiger partial charge in [0.15, 0.2) is 5.69 Å². The first-order valence-corrected chi connectivity index (χ1v) is 11.7. The number of nitrogens with zero attached hydrogens (tertiary/aromatic N) is 2. The lowest BCUT2D eigenvalue weighted by Gasteiger charge is -2.18. The summed E-state index contributed by atoms with van der Waals surface area (Å²) in [5, 5.41) is 19.1. The molecule has 1 atom stereocenters. The highest BCUT2D eigenvalue weighted by atomic mass is 16.5. The number of ether oxygens (including phenoxy) is 1. The van der Waals surface area contributed by atoms with E-state index >= 15 is 0 Å². The fraction of sp³-hybridized carbons (Fsp3) is 0.179. The first-order chi connectivity index (χ1) is 17.6. The van der Waals surface area contributed by atoms with Gasteiger partial charge in [0.25, 0.3) is 11.5 Å². The predicted octanol–water partition coefficient (Wildman–Crippen LogP) is 3.84. The molecule has 2 aromatic heterocycles. The number of amides is 1. The molecule has 0 bridgehead atoms. The topological polar surface area (TPSA) is 109 Å². The van der Waals surface area contributed by atoms with Crippen molar-refractivity contribution < 1.29 is 14.6 Å². The Kier molecular flexibility index (Phi) is 6.62. The van der Waals surface area contributed by atoms with E-state index in [1.165, 1.54) is 11.6 Å². The standard InChI is InChI=1S/C28H26N4O4/c1-36-17-22-25(27(34)29-23(13-14-33)19-8-3-2-4-9-19)31-32-16-24(30-28(35)26(22)32)21-12-11-18-7-5-6-10-20(18)15-21/h2-12,15-16,23,33H,13-14,17H2,1H3,(H,29,34)(H,30,35)/t23-/m1/s1. The van der Waals surface area contributed by atoms with E-state index in [4.69, 9.17) is 4.74 Å². The monoisotopic (exact) mass is 482 g/mol. The average Bonchev–Trinajstić information content (AvgIpc) is 3.28. The fourth-order valence-corrected chi connectivity index (χ4v) is 4.47. The minimum atomic E-state index is -0.445. The molecule has 8 heteroatoms. The number of nitrogens with one attached hydrogen (secondary N) is 2. The second-order valence-corrected chi connectivity index (χ2v) is 8.56. The second kappa shape index (κ2) is 10.2. The number of aromatic nitrogens is 3. The number of carbonyl (C=O) groups excluding carboxylic acids is 1. The smallest absolute Gasteiger partial charge is 0.274 e. The van der Waals surface area contributed by atoms with Crippen LogP contribution in [0.5, 0.6) is 0 Å². The lowest BCUT2D eigenvalue weighted by Crippen LogP contribution is -2.30. The number of rotatable bonds is 8. The molecule has 0 saturated carbocycles. The quantitative estimate of drug-likeness (QED) is 0.311. The van der Waals surface area contributed by atoms with Crippen LogP contribution in [0.4, 0.5) is 0 Å². The second-order valence-electron chi connectivity index (χ2n) is 8.56. The number of methoxy groups -OCH3 is 1. The number of hydrogen-bond donors (Lipinski definition) is 3. The molecule has 0 fully saturated rings. The number of hydrogen-bond acceptors (Lipinski definition) is 5. The van der Waals surface area contributed by atoms with Gasteiger partial charge < -0.3 is 20.1 Å². The lowest BCUT2D eigenvalue weighted by molar-refractivity contribution is 0.0920. The Morgan fingerprint density at radius 1 is 1.08 bits per heavy atom. The van der Waals surface area contributed by atoms with Crippen LogP contribution in [0.3, 0.4) is 0 Å². The van der Waals surface area contributed by atoms with E-state index < -0.39 is 11.9 Å². The Morgan fingerprint density at radius 2 is 1.83 bits per heavy atom. The first kappa shape index (κ1) is 23.5. The van der Waals surface area contributed by atoms with Crippen LogP contribution in [-0.2, 0) is 11.3 Å². The van der Waals surface area contributed by atoms with Crippen molar-refractivity contribution in [1.82, 2.24) is 19.9 Å². The summed E-state index contributed by atoms with van der Waals surface area (Å²) in [7, 11) is 1.50. The number of aliphatic hydroxyl groups excluding tert-OH is 1. The molecule has 0 unspecified atom stereocenters. The maximum Gasteiger partial charge on any atom is 0.274 e. The number of carbonyl (C=O) groups is 1. The van der Waals surface area contributed by atoms with Gasteiger partial charge in [-0.3, -0.25) is 9.59 Å². The SMILES string of the molecule is COCc1c(C(=O)N[C@H](CCO)c2ccccc2)nn2cc(-c3ccc4ccccc4c3)[nH]c(=O)c12. The molecule has 3 N–H and O–H groups in total. The zero-order valence-corrected chi connectivity index (χ0v) is 19.8. The van der Waals surface area contributed by atoms with Gasteiger partial charge in [0.2, 0.25) is 0 Å². The van der Waals surface area contributed by atoms with Gasteiger partial charge in [0.05, 0.1) is 24.5 Å². The van der Waals surface area contributed by atoms with Crippen LogP contribution in [0.2, 0.25) is 0 Å². The third-order valence-corrected chi connectivity index (χ3v) is 6.21. The molecule has 0 aliphatic heterocycles. The van der Waals surface area contributed by atoms with Gasteiger partial charge in [0.1, 0.15) is 5.52 Å². The molecule has 5 aromatic rings. The molecular formula is C28H26N4O4. The molecule has 0 aliphatic carbocycles. The third kappa shape index (κ3) is 4.51. The number of aliphatic hydroxyl groups is 1. The Labute approximate surface area is 207 Å². The van der Waals surface area contributed by atoms with Gasteiger partial charge >= 0.3 is 0 Å². The van der Waals surface area contributed by atoms with E-state index in [1.807, 2.05) is 72.8 Å². The molecule has 0 aliphatic rings.